The van der Waals surface area contributed by atoms with Gasteiger partial charge in [0, 0.05) is 45.3 Å². The van der Waals surface area contributed by atoms with Crippen LogP contribution in [0, 0.1) is 5.92 Å². The van der Waals surface area contributed by atoms with E-state index in [-0.39, 0.29) is 0 Å². The molecule has 1 heterocycles. The number of hydrogen-bond acceptors (Lipinski definition) is 4. The van der Waals surface area contributed by atoms with Crippen molar-refractivity contribution in [3.63, 3.8) is 0 Å². The van der Waals surface area contributed by atoms with Crippen LogP contribution in [0.3, 0.4) is 0 Å². The summed E-state index contributed by atoms with van der Waals surface area (Å²) < 4.78 is 6.08. The first kappa shape index (κ1) is 19.2. The maximum atomic E-state index is 6.08. The second-order valence-corrected chi connectivity index (χ2v) is 7.73. The Labute approximate surface area is 144 Å². The molecular weight excluding hydrogens is 286 g/mol. The van der Waals surface area contributed by atoms with Crippen LogP contribution in [-0.4, -0.2) is 86.3 Å². The Hall–Kier alpha value is -0.160. The van der Waals surface area contributed by atoms with E-state index >= 15 is 0 Å². The van der Waals surface area contributed by atoms with Crippen molar-refractivity contribution in [3.8, 4) is 0 Å². The van der Waals surface area contributed by atoms with E-state index in [0.29, 0.717) is 6.10 Å². The smallest absolute Gasteiger partial charge is 0.0605 e. The minimum atomic E-state index is 0.515. The molecule has 2 rings (SSSR count). The van der Waals surface area contributed by atoms with E-state index in [2.05, 4.69) is 42.5 Å². The van der Waals surface area contributed by atoms with Gasteiger partial charge in [0.15, 0.2) is 0 Å². The van der Waals surface area contributed by atoms with E-state index in [1.54, 1.807) is 0 Å². The molecule has 1 saturated heterocycles. The molecule has 0 spiro atoms. The van der Waals surface area contributed by atoms with Crippen molar-refractivity contribution in [1.29, 1.82) is 0 Å². The predicted molar refractivity (Wildman–Crippen MR) is 98.0 cm³/mol. The Kier molecular flexibility index (Phi) is 8.31. The monoisotopic (exact) mass is 325 g/mol. The predicted octanol–water partition coefficient (Wildman–Crippen LogP) is 2.54. The van der Waals surface area contributed by atoms with Crippen molar-refractivity contribution in [1.82, 2.24) is 14.7 Å². The van der Waals surface area contributed by atoms with Gasteiger partial charge in [-0.3, -0.25) is 4.90 Å². The Morgan fingerprint density at radius 2 is 1.74 bits per heavy atom. The minimum Gasteiger partial charge on any atom is -0.377 e. The lowest BCUT2D eigenvalue weighted by atomic mass is 9.87. The topological polar surface area (TPSA) is 19.0 Å². The largest absolute Gasteiger partial charge is 0.377 e. The van der Waals surface area contributed by atoms with Gasteiger partial charge < -0.3 is 14.5 Å². The van der Waals surface area contributed by atoms with E-state index in [1.807, 2.05) is 0 Å². The molecule has 2 aliphatic rings. The molecule has 1 atom stereocenters. The van der Waals surface area contributed by atoms with Crippen LogP contribution in [0.5, 0.6) is 0 Å². The SMILES string of the molecule is CCCC(C)CN(C)[C@H]1C[C@H](OCCN2CCN(CC)CC2)C1. The van der Waals surface area contributed by atoms with Crippen LogP contribution < -0.4 is 0 Å². The van der Waals surface area contributed by atoms with Crippen LogP contribution in [0.25, 0.3) is 0 Å². The van der Waals surface area contributed by atoms with E-state index < -0.39 is 0 Å². The molecule has 1 unspecified atom stereocenters. The third-order valence-corrected chi connectivity index (χ3v) is 5.75. The molecule has 0 bridgehead atoms. The number of likely N-dealkylation sites (N-methyl/N-ethyl adjacent to an activating group) is 1. The summed E-state index contributed by atoms with van der Waals surface area (Å²) in [5.74, 6) is 0.826. The van der Waals surface area contributed by atoms with Gasteiger partial charge in [-0.15, -0.1) is 0 Å². The van der Waals surface area contributed by atoms with E-state index in [4.69, 9.17) is 4.74 Å². The zero-order valence-corrected chi connectivity index (χ0v) is 16.0. The van der Waals surface area contributed by atoms with E-state index in [1.165, 1.54) is 65.0 Å². The molecule has 0 N–H and O–H groups in total. The fourth-order valence-corrected chi connectivity index (χ4v) is 3.94. The van der Waals surface area contributed by atoms with Crippen LogP contribution >= 0.6 is 0 Å². The lowest BCUT2D eigenvalue weighted by Crippen LogP contribution is -2.49. The zero-order chi connectivity index (χ0) is 16.7. The normalized spacial score (nSPS) is 28.0. The number of piperazine rings is 1. The summed E-state index contributed by atoms with van der Waals surface area (Å²) in [7, 11) is 2.29. The van der Waals surface area contributed by atoms with Gasteiger partial charge in [-0.25, -0.2) is 0 Å². The molecule has 0 aromatic carbocycles. The minimum absolute atomic E-state index is 0.515. The third kappa shape index (κ3) is 6.33. The lowest BCUT2D eigenvalue weighted by Gasteiger charge is -2.42. The van der Waals surface area contributed by atoms with Crippen molar-refractivity contribution in [2.75, 3.05) is 59.5 Å². The average Bonchev–Trinajstić information content (AvgIpc) is 2.50. The summed E-state index contributed by atoms with van der Waals surface area (Å²) in [4.78, 5) is 7.65. The summed E-state index contributed by atoms with van der Waals surface area (Å²) in [5, 5.41) is 0. The van der Waals surface area contributed by atoms with Gasteiger partial charge in [0.2, 0.25) is 0 Å². The Morgan fingerprint density at radius 1 is 1.09 bits per heavy atom. The number of hydrogen-bond donors (Lipinski definition) is 0. The van der Waals surface area contributed by atoms with Crippen LogP contribution in [0.4, 0.5) is 0 Å². The van der Waals surface area contributed by atoms with Crippen molar-refractivity contribution in [3.05, 3.63) is 0 Å². The van der Waals surface area contributed by atoms with Crippen LogP contribution in [0.15, 0.2) is 0 Å². The molecule has 1 aliphatic heterocycles. The Morgan fingerprint density at radius 3 is 2.35 bits per heavy atom. The van der Waals surface area contributed by atoms with Crippen molar-refractivity contribution in [2.24, 2.45) is 5.92 Å². The molecule has 0 aromatic rings. The molecule has 4 nitrogen and oxygen atoms in total. The van der Waals surface area contributed by atoms with Gasteiger partial charge in [-0.2, -0.15) is 0 Å². The highest BCUT2D eigenvalue weighted by Gasteiger charge is 2.33. The molecule has 4 heteroatoms. The van der Waals surface area contributed by atoms with Crippen LogP contribution in [0.1, 0.15) is 46.5 Å². The van der Waals surface area contributed by atoms with Crippen LogP contribution in [0.2, 0.25) is 0 Å². The highest BCUT2D eigenvalue weighted by molar-refractivity contribution is 4.87. The third-order valence-electron chi connectivity index (χ3n) is 5.75. The molecule has 1 saturated carbocycles. The highest BCUT2D eigenvalue weighted by atomic mass is 16.5. The lowest BCUT2D eigenvalue weighted by molar-refractivity contribution is -0.0546. The molecule has 136 valence electrons. The first-order valence-corrected chi connectivity index (χ1v) is 9.88. The van der Waals surface area contributed by atoms with Crippen molar-refractivity contribution >= 4 is 0 Å². The zero-order valence-electron chi connectivity index (χ0n) is 16.0. The van der Waals surface area contributed by atoms with Crippen LogP contribution in [-0.2, 0) is 4.74 Å². The summed E-state index contributed by atoms with van der Waals surface area (Å²) in [5.41, 5.74) is 0. The number of ether oxygens (including phenoxy) is 1. The van der Waals surface area contributed by atoms with E-state index in [9.17, 15) is 0 Å². The maximum absolute atomic E-state index is 6.08. The molecule has 0 radical (unpaired) electrons. The molecule has 1 aliphatic carbocycles. The first-order chi connectivity index (χ1) is 11.1. The Bertz CT molecular complexity index is 312. The van der Waals surface area contributed by atoms with Gasteiger partial charge in [0.1, 0.15) is 0 Å². The van der Waals surface area contributed by atoms with Crippen molar-refractivity contribution in [2.45, 2.75) is 58.6 Å². The summed E-state index contributed by atoms with van der Waals surface area (Å²) in [6.45, 7) is 16.3. The fraction of sp³-hybridized carbons (Fsp3) is 1.00. The van der Waals surface area contributed by atoms with Gasteiger partial charge in [-0.05, 0) is 38.8 Å². The molecule has 0 aromatic heterocycles. The molecular formula is C19H39N3O. The van der Waals surface area contributed by atoms with Gasteiger partial charge in [-0.1, -0.05) is 27.2 Å². The van der Waals surface area contributed by atoms with E-state index in [0.717, 1.165) is 25.1 Å². The summed E-state index contributed by atoms with van der Waals surface area (Å²) in [6, 6.07) is 0.757. The Balaban J connectivity index is 1.50. The number of rotatable bonds is 10. The first-order valence-electron chi connectivity index (χ1n) is 9.88. The second kappa shape index (κ2) is 9.97. The van der Waals surface area contributed by atoms with Crippen molar-refractivity contribution < 1.29 is 4.74 Å². The maximum Gasteiger partial charge on any atom is 0.0605 e. The quantitative estimate of drug-likeness (QED) is 0.614. The number of nitrogens with zero attached hydrogens (tertiary/aromatic N) is 3. The average molecular weight is 326 g/mol. The molecule has 0 amide bonds. The van der Waals surface area contributed by atoms with Gasteiger partial charge in [0.05, 0.1) is 12.7 Å². The second-order valence-electron chi connectivity index (χ2n) is 7.73. The summed E-state index contributed by atoms with van der Waals surface area (Å²) in [6.07, 6.45) is 5.64. The molecule has 23 heavy (non-hydrogen) atoms. The highest BCUT2D eigenvalue weighted by Crippen LogP contribution is 2.28. The fourth-order valence-electron chi connectivity index (χ4n) is 3.94. The standard InChI is InChI=1S/C19H39N3O/c1-5-7-17(3)16-20(4)18-14-19(15-18)23-13-12-22-10-8-21(6-2)9-11-22/h17-19H,5-16H2,1-4H3/t17?,18-,19-. The molecule has 2 fully saturated rings. The summed E-state index contributed by atoms with van der Waals surface area (Å²) >= 11 is 0. The van der Waals surface area contributed by atoms with Gasteiger partial charge in [0.25, 0.3) is 0 Å². The van der Waals surface area contributed by atoms with Gasteiger partial charge >= 0.3 is 0 Å².